The molecule has 13 heteroatoms. The molecule has 0 amide bonds. The number of nitrogens with zero attached hydrogens (tertiary/aromatic N) is 2. The van der Waals surface area contributed by atoms with E-state index in [9.17, 15) is 34.8 Å². The minimum absolute atomic E-state index is 0.461. The molecule has 0 saturated carbocycles. The van der Waals surface area contributed by atoms with Crippen LogP contribution in [0.4, 0.5) is 32.2 Å². The normalized spacial score (nSPS) is 12.7. The fourth-order valence-corrected chi connectivity index (χ4v) is 2.74. The molecule has 0 aliphatic carbocycles. The minimum Gasteiger partial charge on any atom is -0.404 e. The minimum atomic E-state index is -5.14. The molecule has 2 rings (SSSR count). The van der Waals surface area contributed by atoms with Gasteiger partial charge in [-0.3, -0.25) is 4.72 Å². The van der Waals surface area contributed by atoms with Crippen LogP contribution < -0.4 is 9.46 Å². The number of benzene rings is 1. The average Bonchev–Trinajstić information content (AvgIpc) is 2.45. The van der Waals surface area contributed by atoms with Crippen molar-refractivity contribution in [1.82, 2.24) is 10.2 Å². The van der Waals surface area contributed by atoms with Gasteiger partial charge in [0.15, 0.2) is 11.5 Å². The van der Waals surface area contributed by atoms with Gasteiger partial charge < -0.3 is 4.74 Å². The lowest BCUT2D eigenvalue weighted by Gasteiger charge is -2.14. The first-order chi connectivity index (χ1) is 11.4. The Hall–Kier alpha value is -2.57. The van der Waals surface area contributed by atoms with Crippen LogP contribution in [-0.2, 0) is 16.2 Å². The maximum atomic E-state index is 12.4. The SMILES string of the molecule is O=S(=O)(Nc1ccc(C(F)(F)F)nn1)c1ccccc1OC(F)(F)F. The van der Waals surface area contributed by atoms with E-state index in [2.05, 4.69) is 14.9 Å². The Morgan fingerprint density at radius 2 is 1.56 bits per heavy atom. The number of rotatable bonds is 4. The molecule has 0 aliphatic heterocycles. The Morgan fingerprint density at radius 1 is 0.920 bits per heavy atom. The molecular weight excluding hydrogens is 380 g/mol. The quantitative estimate of drug-likeness (QED) is 0.815. The molecule has 0 radical (unpaired) electrons. The predicted molar refractivity (Wildman–Crippen MR) is 71.0 cm³/mol. The molecule has 0 bridgehead atoms. The van der Waals surface area contributed by atoms with Crippen LogP contribution in [-0.4, -0.2) is 25.0 Å². The van der Waals surface area contributed by atoms with Crippen LogP contribution in [0.5, 0.6) is 5.75 Å². The van der Waals surface area contributed by atoms with Crippen LogP contribution >= 0.6 is 0 Å². The lowest BCUT2D eigenvalue weighted by molar-refractivity contribution is -0.275. The van der Waals surface area contributed by atoms with Crippen LogP contribution in [0.3, 0.4) is 0 Å². The van der Waals surface area contributed by atoms with Gasteiger partial charge in [-0.05, 0) is 24.3 Å². The van der Waals surface area contributed by atoms with E-state index in [4.69, 9.17) is 0 Å². The van der Waals surface area contributed by atoms with Crippen molar-refractivity contribution in [3.8, 4) is 5.75 Å². The molecule has 1 heterocycles. The summed E-state index contributed by atoms with van der Waals surface area (Å²) in [6.07, 6.45) is -9.92. The van der Waals surface area contributed by atoms with Gasteiger partial charge in [-0.25, -0.2) is 8.42 Å². The monoisotopic (exact) mass is 387 g/mol. The average molecular weight is 387 g/mol. The summed E-state index contributed by atoms with van der Waals surface area (Å²) in [5.74, 6) is -1.63. The molecule has 1 aromatic heterocycles. The van der Waals surface area contributed by atoms with Crippen molar-refractivity contribution in [2.45, 2.75) is 17.4 Å². The van der Waals surface area contributed by atoms with Crippen molar-refractivity contribution in [2.75, 3.05) is 4.72 Å². The van der Waals surface area contributed by atoms with E-state index < -0.39 is 44.7 Å². The number of para-hydroxylation sites is 1. The number of hydrogen-bond donors (Lipinski definition) is 1. The Balaban J connectivity index is 2.31. The topological polar surface area (TPSA) is 81.2 Å². The predicted octanol–water partition coefficient (Wildman–Crippen LogP) is 3.19. The van der Waals surface area contributed by atoms with Gasteiger partial charge in [-0.15, -0.1) is 23.4 Å². The Labute approximate surface area is 136 Å². The van der Waals surface area contributed by atoms with Gasteiger partial charge in [-0.2, -0.15) is 13.2 Å². The highest BCUT2D eigenvalue weighted by Gasteiger charge is 2.35. The summed E-state index contributed by atoms with van der Waals surface area (Å²) in [4.78, 5) is -0.881. The second-order valence-corrected chi connectivity index (χ2v) is 6.05. The van der Waals surface area contributed by atoms with Crippen molar-refractivity contribution in [3.05, 3.63) is 42.1 Å². The summed E-state index contributed by atoms with van der Waals surface area (Å²) in [5, 5.41) is 5.83. The molecule has 1 N–H and O–H groups in total. The van der Waals surface area contributed by atoms with Crippen LogP contribution in [0.1, 0.15) is 5.69 Å². The molecular formula is C12H7F6N3O3S. The van der Waals surface area contributed by atoms with E-state index in [1.807, 2.05) is 0 Å². The molecule has 25 heavy (non-hydrogen) atoms. The van der Waals surface area contributed by atoms with Gasteiger partial charge in [0, 0.05) is 0 Å². The van der Waals surface area contributed by atoms with Crippen LogP contribution in [0.25, 0.3) is 0 Å². The first kappa shape index (κ1) is 18.8. The van der Waals surface area contributed by atoms with Crippen molar-refractivity contribution in [2.24, 2.45) is 0 Å². The van der Waals surface area contributed by atoms with E-state index >= 15 is 0 Å². The van der Waals surface area contributed by atoms with Crippen molar-refractivity contribution >= 4 is 15.8 Å². The molecule has 0 fully saturated rings. The third-order valence-electron chi connectivity index (χ3n) is 2.56. The number of sulfonamides is 1. The van der Waals surface area contributed by atoms with E-state index in [-0.39, 0.29) is 0 Å². The van der Waals surface area contributed by atoms with Gasteiger partial charge in [0.2, 0.25) is 0 Å². The number of ether oxygens (including phenoxy) is 1. The second kappa shape index (κ2) is 6.38. The number of nitrogens with one attached hydrogen (secondary N) is 1. The third-order valence-corrected chi connectivity index (χ3v) is 3.95. The zero-order chi connectivity index (χ0) is 18.9. The molecule has 0 spiro atoms. The van der Waals surface area contributed by atoms with Crippen LogP contribution in [0, 0.1) is 0 Å². The summed E-state index contributed by atoms with van der Waals surface area (Å²) in [7, 11) is -4.62. The third kappa shape index (κ3) is 4.95. The number of anilines is 1. The molecule has 0 aliphatic rings. The molecule has 0 saturated heterocycles. The fraction of sp³-hybridized carbons (Fsp3) is 0.167. The first-order valence-electron chi connectivity index (χ1n) is 6.17. The molecule has 6 nitrogen and oxygen atoms in total. The highest BCUT2D eigenvalue weighted by molar-refractivity contribution is 7.92. The smallest absolute Gasteiger partial charge is 0.404 e. The summed E-state index contributed by atoms with van der Waals surface area (Å²) < 4.78 is 104. The van der Waals surface area contributed by atoms with Crippen LogP contribution in [0.15, 0.2) is 41.3 Å². The van der Waals surface area contributed by atoms with Crippen molar-refractivity contribution < 1.29 is 39.5 Å². The van der Waals surface area contributed by atoms with Gasteiger partial charge >= 0.3 is 12.5 Å². The molecule has 1 aromatic carbocycles. The lowest BCUT2D eigenvalue weighted by atomic mass is 10.3. The van der Waals surface area contributed by atoms with E-state index in [0.29, 0.717) is 12.1 Å². The number of alkyl halides is 6. The zero-order valence-corrected chi connectivity index (χ0v) is 12.6. The Bertz CT molecular complexity index is 850. The Kier molecular flexibility index (Phi) is 4.79. The van der Waals surface area contributed by atoms with Crippen molar-refractivity contribution in [3.63, 3.8) is 0 Å². The van der Waals surface area contributed by atoms with E-state index in [0.717, 1.165) is 24.3 Å². The van der Waals surface area contributed by atoms with Crippen molar-refractivity contribution in [1.29, 1.82) is 0 Å². The lowest BCUT2D eigenvalue weighted by Crippen LogP contribution is -2.21. The molecule has 0 unspecified atom stereocenters. The van der Waals surface area contributed by atoms with Gasteiger partial charge in [0.1, 0.15) is 10.6 Å². The zero-order valence-electron chi connectivity index (χ0n) is 11.8. The standard InChI is InChI=1S/C12H7F6N3O3S/c13-11(14,15)9-5-6-10(20-19-9)21-25(22,23)8-4-2-1-3-7(8)24-12(16,17)18/h1-6H,(H,20,21). The number of aromatic nitrogens is 2. The summed E-state index contributed by atoms with van der Waals surface area (Å²) in [6.45, 7) is 0. The summed E-state index contributed by atoms with van der Waals surface area (Å²) >= 11 is 0. The second-order valence-electron chi connectivity index (χ2n) is 4.40. The molecule has 2 aromatic rings. The maximum absolute atomic E-state index is 12.4. The highest BCUT2D eigenvalue weighted by atomic mass is 32.2. The van der Waals surface area contributed by atoms with E-state index in [1.165, 1.54) is 0 Å². The Morgan fingerprint density at radius 3 is 2.08 bits per heavy atom. The highest BCUT2D eigenvalue weighted by Crippen LogP contribution is 2.31. The first-order valence-corrected chi connectivity index (χ1v) is 7.65. The summed E-state index contributed by atoms with van der Waals surface area (Å²) in [5.41, 5.74) is -1.36. The van der Waals surface area contributed by atoms with Gasteiger partial charge in [-0.1, -0.05) is 12.1 Å². The van der Waals surface area contributed by atoms with Gasteiger partial charge in [0.05, 0.1) is 0 Å². The van der Waals surface area contributed by atoms with Crippen LogP contribution in [0.2, 0.25) is 0 Å². The fourth-order valence-electron chi connectivity index (χ4n) is 1.61. The molecule has 0 atom stereocenters. The van der Waals surface area contributed by atoms with Gasteiger partial charge in [0.25, 0.3) is 10.0 Å². The summed E-state index contributed by atoms with van der Waals surface area (Å²) in [6, 6.07) is 4.96. The maximum Gasteiger partial charge on any atom is 0.573 e. The number of hydrogen-bond acceptors (Lipinski definition) is 5. The molecule has 136 valence electrons. The van der Waals surface area contributed by atoms with E-state index in [1.54, 1.807) is 4.72 Å². The number of halogens is 6. The largest absolute Gasteiger partial charge is 0.573 e.